The Morgan fingerprint density at radius 1 is 1.75 bits per heavy atom. The summed E-state index contributed by atoms with van der Waals surface area (Å²) in [5, 5.41) is 17.4. The second-order valence-corrected chi connectivity index (χ2v) is 2.37. The van der Waals surface area contributed by atoms with E-state index in [-0.39, 0.29) is 5.91 Å². The maximum atomic E-state index is 10.6. The molecule has 5 heteroatoms. The number of nitrogens with one attached hydrogen (secondary N) is 2. The third kappa shape index (κ3) is 1.42. The van der Waals surface area contributed by atoms with Gasteiger partial charge in [-0.15, -0.1) is 0 Å². The van der Waals surface area contributed by atoms with Gasteiger partial charge in [-0.1, -0.05) is 0 Å². The van der Waals surface area contributed by atoms with Crippen LogP contribution in [0.2, 0.25) is 0 Å². The van der Waals surface area contributed by atoms with E-state index in [0.717, 1.165) is 0 Å². The second kappa shape index (κ2) is 3.05. The van der Waals surface area contributed by atoms with Gasteiger partial charge in [-0.25, -0.2) is 0 Å². The number of carbonyl (C=O) groups excluding carboxylic acids is 1. The molecule has 1 rings (SSSR count). The van der Waals surface area contributed by atoms with E-state index in [1.54, 1.807) is 6.92 Å². The molecule has 0 radical (unpaired) electrons. The van der Waals surface area contributed by atoms with Crippen molar-refractivity contribution in [1.82, 2.24) is 10.2 Å². The van der Waals surface area contributed by atoms with Crippen LogP contribution in [-0.4, -0.2) is 16.1 Å². The maximum Gasteiger partial charge on any atom is 0.222 e. The predicted octanol–water partition coefficient (Wildman–Crippen LogP) is 0.548. The van der Waals surface area contributed by atoms with E-state index in [1.165, 1.54) is 6.92 Å². The third-order valence-electron chi connectivity index (χ3n) is 1.35. The molecule has 0 unspecified atom stereocenters. The number of aryl methyl sites for hydroxylation is 1. The van der Waals surface area contributed by atoms with Gasteiger partial charge in [0.15, 0.2) is 5.82 Å². The van der Waals surface area contributed by atoms with Crippen LogP contribution in [0.15, 0.2) is 0 Å². The monoisotopic (exact) mass is 164 g/mol. The summed E-state index contributed by atoms with van der Waals surface area (Å²) in [7, 11) is 0. The van der Waals surface area contributed by atoms with Crippen LogP contribution in [0.5, 0.6) is 0 Å². The molecule has 0 saturated carbocycles. The number of nitrogens with zero attached hydrogens (tertiary/aromatic N) is 2. The van der Waals surface area contributed by atoms with Gasteiger partial charge in [-0.3, -0.25) is 9.89 Å². The van der Waals surface area contributed by atoms with Gasteiger partial charge in [-0.2, -0.15) is 10.4 Å². The molecule has 0 atom stereocenters. The summed E-state index contributed by atoms with van der Waals surface area (Å²) in [6, 6.07) is 1.94. The Balaban J connectivity index is 3.01. The molecule has 1 aromatic heterocycles. The topological polar surface area (TPSA) is 81.6 Å². The minimum absolute atomic E-state index is 0.238. The first-order chi connectivity index (χ1) is 5.65. The van der Waals surface area contributed by atoms with E-state index < -0.39 is 0 Å². The van der Waals surface area contributed by atoms with Gasteiger partial charge >= 0.3 is 0 Å². The van der Waals surface area contributed by atoms with Crippen molar-refractivity contribution >= 4 is 11.7 Å². The van der Waals surface area contributed by atoms with Gasteiger partial charge < -0.3 is 5.32 Å². The Labute approximate surface area is 69.4 Å². The lowest BCUT2D eigenvalue weighted by Crippen LogP contribution is -2.07. The molecule has 1 aromatic rings. The molecule has 0 spiro atoms. The summed E-state index contributed by atoms with van der Waals surface area (Å²) in [5.41, 5.74) is 1.03. The van der Waals surface area contributed by atoms with Gasteiger partial charge in [0.25, 0.3) is 0 Å². The average molecular weight is 164 g/mol. The fourth-order valence-corrected chi connectivity index (χ4v) is 0.823. The number of hydrogen-bond donors (Lipinski definition) is 2. The lowest BCUT2D eigenvalue weighted by molar-refractivity contribution is -0.114. The summed E-state index contributed by atoms with van der Waals surface area (Å²) < 4.78 is 0. The van der Waals surface area contributed by atoms with Crippen LogP contribution in [0.25, 0.3) is 0 Å². The molecule has 0 aliphatic carbocycles. The number of nitriles is 1. The maximum absolute atomic E-state index is 10.6. The summed E-state index contributed by atoms with van der Waals surface area (Å²) in [6.07, 6.45) is 0. The molecule has 0 aliphatic rings. The minimum Gasteiger partial charge on any atom is -0.308 e. The van der Waals surface area contributed by atoms with Crippen LogP contribution in [-0.2, 0) is 4.79 Å². The van der Waals surface area contributed by atoms with Crippen LogP contribution in [0.4, 0.5) is 5.82 Å². The van der Waals surface area contributed by atoms with Crippen LogP contribution in [0, 0.1) is 18.3 Å². The summed E-state index contributed by atoms with van der Waals surface area (Å²) >= 11 is 0. The Morgan fingerprint density at radius 2 is 2.42 bits per heavy atom. The van der Waals surface area contributed by atoms with E-state index in [9.17, 15) is 4.79 Å². The Hall–Kier alpha value is -1.83. The summed E-state index contributed by atoms with van der Waals surface area (Å²) in [4.78, 5) is 10.6. The zero-order valence-corrected chi connectivity index (χ0v) is 6.80. The smallest absolute Gasteiger partial charge is 0.222 e. The lowest BCUT2D eigenvalue weighted by Gasteiger charge is -1.94. The molecule has 0 fully saturated rings. The highest BCUT2D eigenvalue weighted by Gasteiger charge is 2.09. The van der Waals surface area contributed by atoms with Gasteiger partial charge in [0.2, 0.25) is 5.91 Å². The largest absolute Gasteiger partial charge is 0.308 e. The minimum atomic E-state index is -0.238. The first-order valence-corrected chi connectivity index (χ1v) is 3.37. The fraction of sp³-hybridized carbons (Fsp3) is 0.286. The highest BCUT2D eigenvalue weighted by atomic mass is 16.1. The molecule has 5 nitrogen and oxygen atoms in total. The van der Waals surface area contributed by atoms with E-state index >= 15 is 0 Å². The second-order valence-electron chi connectivity index (χ2n) is 2.37. The summed E-state index contributed by atoms with van der Waals surface area (Å²) in [5.74, 6) is 0.0560. The van der Waals surface area contributed by atoms with Gasteiger partial charge in [-0.05, 0) is 6.92 Å². The number of hydrogen-bond acceptors (Lipinski definition) is 3. The molecule has 1 amide bonds. The Bertz CT molecular complexity index is 347. The molecule has 0 bridgehead atoms. The molecule has 62 valence electrons. The zero-order valence-electron chi connectivity index (χ0n) is 6.80. The quantitative estimate of drug-likeness (QED) is 0.635. The first kappa shape index (κ1) is 8.27. The normalized spacial score (nSPS) is 9.08. The number of rotatable bonds is 1. The van der Waals surface area contributed by atoms with Crippen molar-refractivity contribution in [1.29, 1.82) is 5.26 Å². The Morgan fingerprint density at radius 3 is 2.92 bits per heavy atom. The van der Waals surface area contributed by atoms with E-state index in [2.05, 4.69) is 15.5 Å². The first-order valence-electron chi connectivity index (χ1n) is 3.37. The van der Waals surface area contributed by atoms with Crippen molar-refractivity contribution < 1.29 is 4.79 Å². The number of carbonyl (C=O) groups is 1. The molecule has 0 aliphatic heterocycles. The standard InChI is InChI=1S/C7H8N4O/c1-4-6(3-8)7(11-10-4)9-5(2)12/h1-2H3,(H2,9,10,11,12). The third-order valence-corrected chi connectivity index (χ3v) is 1.35. The van der Waals surface area contributed by atoms with Crippen molar-refractivity contribution in [3.05, 3.63) is 11.3 Å². The SMILES string of the molecule is CC(=O)Nc1n[nH]c(C)c1C#N. The van der Waals surface area contributed by atoms with Crippen molar-refractivity contribution in [3.63, 3.8) is 0 Å². The van der Waals surface area contributed by atoms with E-state index in [4.69, 9.17) is 5.26 Å². The van der Waals surface area contributed by atoms with E-state index in [1.807, 2.05) is 6.07 Å². The van der Waals surface area contributed by atoms with Crippen LogP contribution in [0.1, 0.15) is 18.2 Å². The lowest BCUT2D eigenvalue weighted by atomic mass is 10.3. The van der Waals surface area contributed by atoms with Crippen molar-refractivity contribution in [2.75, 3.05) is 5.32 Å². The average Bonchev–Trinajstić information content (AvgIpc) is 2.30. The van der Waals surface area contributed by atoms with Crippen LogP contribution in [0.3, 0.4) is 0 Å². The number of aromatic amines is 1. The van der Waals surface area contributed by atoms with Crippen molar-refractivity contribution in [2.45, 2.75) is 13.8 Å². The molecule has 0 saturated heterocycles. The zero-order chi connectivity index (χ0) is 9.14. The van der Waals surface area contributed by atoms with Crippen molar-refractivity contribution in [3.8, 4) is 6.07 Å². The van der Waals surface area contributed by atoms with E-state index in [0.29, 0.717) is 17.1 Å². The number of aromatic nitrogens is 2. The fourth-order valence-electron chi connectivity index (χ4n) is 0.823. The van der Waals surface area contributed by atoms with Gasteiger partial charge in [0.1, 0.15) is 11.6 Å². The molecular weight excluding hydrogens is 156 g/mol. The van der Waals surface area contributed by atoms with Crippen LogP contribution < -0.4 is 5.32 Å². The molecule has 1 heterocycles. The number of amides is 1. The summed E-state index contributed by atoms with van der Waals surface area (Å²) in [6.45, 7) is 3.09. The molecule has 0 aromatic carbocycles. The molecule has 12 heavy (non-hydrogen) atoms. The van der Waals surface area contributed by atoms with Gasteiger partial charge in [0.05, 0.1) is 5.69 Å². The highest BCUT2D eigenvalue weighted by Crippen LogP contribution is 2.13. The van der Waals surface area contributed by atoms with Gasteiger partial charge in [0, 0.05) is 6.92 Å². The highest BCUT2D eigenvalue weighted by molar-refractivity contribution is 5.89. The predicted molar refractivity (Wildman–Crippen MR) is 42.3 cm³/mol. The number of anilines is 1. The van der Waals surface area contributed by atoms with Crippen LogP contribution >= 0.6 is 0 Å². The number of H-pyrrole nitrogens is 1. The Kier molecular flexibility index (Phi) is 2.10. The molecular formula is C7H8N4O. The molecule has 2 N–H and O–H groups in total. The van der Waals surface area contributed by atoms with Crippen molar-refractivity contribution in [2.24, 2.45) is 0 Å².